The first-order valence-corrected chi connectivity index (χ1v) is 9.33. The van der Waals surface area contributed by atoms with Crippen molar-refractivity contribution in [2.24, 2.45) is 0 Å². The molecule has 1 aliphatic carbocycles. The number of carbonyl (C=O) groups is 1. The van der Waals surface area contributed by atoms with E-state index in [1.807, 2.05) is 0 Å². The van der Waals surface area contributed by atoms with Crippen LogP contribution in [0.4, 0.5) is 20.5 Å². The Morgan fingerprint density at radius 3 is 2.63 bits per heavy atom. The molecular weight excluding hydrogens is 392 g/mol. The topological polar surface area (TPSA) is 96.8 Å². The molecular formula is C20H19F2N7O. The van der Waals surface area contributed by atoms with Crippen molar-refractivity contribution in [3.05, 3.63) is 54.5 Å². The molecule has 10 heteroatoms. The summed E-state index contributed by atoms with van der Waals surface area (Å²) in [5.74, 6) is 0.694. The fraction of sp³-hybridized carbons (Fsp3) is 0.300. The molecule has 154 valence electrons. The summed E-state index contributed by atoms with van der Waals surface area (Å²) in [7, 11) is 1.59. The molecule has 0 unspecified atom stereocenters. The van der Waals surface area contributed by atoms with Gasteiger partial charge in [-0.15, -0.1) is 0 Å². The molecule has 0 aromatic carbocycles. The van der Waals surface area contributed by atoms with Crippen LogP contribution < -0.4 is 10.2 Å². The molecule has 1 fully saturated rings. The molecule has 4 rings (SSSR count). The van der Waals surface area contributed by atoms with Crippen molar-refractivity contribution in [3.63, 3.8) is 0 Å². The average Bonchev–Trinajstić information content (AvgIpc) is 2.76. The zero-order chi connectivity index (χ0) is 21.1. The molecule has 1 amide bonds. The van der Waals surface area contributed by atoms with Crippen LogP contribution >= 0.6 is 0 Å². The van der Waals surface area contributed by atoms with E-state index in [1.165, 1.54) is 23.2 Å². The van der Waals surface area contributed by atoms with Gasteiger partial charge in [0.25, 0.3) is 0 Å². The lowest BCUT2D eigenvalue weighted by molar-refractivity contribution is -0.107. The second-order valence-corrected chi connectivity index (χ2v) is 7.22. The Labute approximate surface area is 171 Å². The number of aromatic nitrogens is 5. The summed E-state index contributed by atoms with van der Waals surface area (Å²) in [5, 5.41) is 3.06. The smallest absolute Gasteiger partial charge is 0.222 e. The van der Waals surface area contributed by atoms with Gasteiger partial charge >= 0.3 is 0 Å². The highest BCUT2D eigenvalue weighted by molar-refractivity contribution is 5.72. The molecule has 3 heterocycles. The van der Waals surface area contributed by atoms with E-state index in [0.29, 0.717) is 29.6 Å². The minimum Gasteiger partial charge on any atom is -0.353 e. The van der Waals surface area contributed by atoms with Gasteiger partial charge in [-0.05, 0) is 31.0 Å². The van der Waals surface area contributed by atoms with Crippen molar-refractivity contribution < 1.29 is 13.6 Å². The Morgan fingerprint density at radius 1 is 1.20 bits per heavy atom. The number of hydrogen-bond acceptors (Lipinski definition) is 7. The molecule has 0 radical (unpaired) electrons. The predicted molar refractivity (Wildman–Crippen MR) is 106 cm³/mol. The molecule has 1 saturated carbocycles. The van der Waals surface area contributed by atoms with Gasteiger partial charge in [-0.25, -0.2) is 28.7 Å². The highest BCUT2D eigenvalue weighted by Gasteiger charge is 2.48. The maximum absolute atomic E-state index is 14.2. The number of nitrogens with one attached hydrogen (secondary N) is 1. The Bertz CT molecular complexity index is 1040. The molecule has 1 N–H and O–H groups in total. The number of anilines is 2. The third-order valence-electron chi connectivity index (χ3n) is 5.14. The van der Waals surface area contributed by atoms with Crippen LogP contribution in [0.3, 0.4) is 0 Å². The van der Waals surface area contributed by atoms with Gasteiger partial charge in [-0.3, -0.25) is 9.78 Å². The molecule has 0 saturated heterocycles. The highest BCUT2D eigenvalue weighted by Crippen LogP contribution is 2.45. The third-order valence-corrected chi connectivity index (χ3v) is 5.14. The Kier molecular flexibility index (Phi) is 5.30. The second-order valence-electron chi connectivity index (χ2n) is 7.22. The normalized spacial score (nSPS) is 20.3. The molecule has 3 aromatic rings. The van der Waals surface area contributed by atoms with Gasteiger partial charge in [-0.1, -0.05) is 0 Å². The lowest BCUT2D eigenvalue weighted by Crippen LogP contribution is -2.49. The Balaban J connectivity index is 1.49. The summed E-state index contributed by atoms with van der Waals surface area (Å²) in [6, 6.07) is 4.45. The van der Waals surface area contributed by atoms with Crippen molar-refractivity contribution in [2.45, 2.75) is 24.4 Å². The van der Waals surface area contributed by atoms with Crippen LogP contribution in [-0.2, 0) is 10.2 Å². The second kappa shape index (κ2) is 8.05. The zero-order valence-electron chi connectivity index (χ0n) is 16.2. The van der Waals surface area contributed by atoms with E-state index in [2.05, 4.69) is 30.2 Å². The molecule has 1 aliphatic rings. The molecule has 30 heavy (non-hydrogen) atoms. The van der Waals surface area contributed by atoms with Crippen LogP contribution in [0.2, 0.25) is 0 Å². The first kappa shape index (κ1) is 19.7. The number of halogens is 2. The number of nitrogens with zero attached hydrogens (tertiary/aromatic N) is 6. The van der Waals surface area contributed by atoms with Crippen LogP contribution in [0, 0.1) is 5.82 Å². The average molecular weight is 411 g/mol. The van der Waals surface area contributed by atoms with Crippen LogP contribution in [0.25, 0.3) is 11.4 Å². The minimum atomic E-state index is -0.981. The lowest BCUT2D eigenvalue weighted by atomic mass is 9.65. The van der Waals surface area contributed by atoms with Crippen molar-refractivity contribution in [1.82, 2.24) is 24.9 Å². The summed E-state index contributed by atoms with van der Waals surface area (Å²) >= 11 is 0. The minimum absolute atomic E-state index is 0.191. The SMILES string of the molecule is CN(C=O)c1ccnc(-c2cnc(NCC3(c4ncccc4F)CC(F)C3)nc2)n1. The van der Waals surface area contributed by atoms with E-state index < -0.39 is 17.4 Å². The maximum atomic E-state index is 14.2. The molecule has 0 atom stereocenters. The fourth-order valence-corrected chi connectivity index (χ4v) is 3.51. The van der Waals surface area contributed by atoms with Crippen molar-refractivity contribution >= 4 is 18.2 Å². The number of hydrogen-bond donors (Lipinski definition) is 1. The Hall–Kier alpha value is -3.56. The van der Waals surface area contributed by atoms with E-state index in [9.17, 15) is 13.6 Å². The van der Waals surface area contributed by atoms with Gasteiger partial charge < -0.3 is 10.2 Å². The first-order chi connectivity index (χ1) is 14.5. The molecule has 0 aliphatic heterocycles. The number of alkyl halides is 1. The number of rotatable bonds is 7. The van der Waals surface area contributed by atoms with Crippen LogP contribution in [0.15, 0.2) is 43.0 Å². The van der Waals surface area contributed by atoms with E-state index >= 15 is 0 Å². The zero-order valence-corrected chi connectivity index (χ0v) is 16.2. The van der Waals surface area contributed by atoms with E-state index in [1.54, 1.807) is 31.7 Å². The van der Waals surface area contributed by atoms with Crippen molar-refractivity contribution in [1.29, 1.82) is 0 Å². The van der Waals surface area contributed by atoms with Crippen molar-refractivity contribution in [3.8, 4) is 11.4 Å². The summed E-state index contributed by atoms with van der Waals surface area (Å²) in [4.78, 5) is 33.4. The molecule has 0 spiro atoms. The monoisotopic (exact) mass is 411 g/mol. The van der Waals surface area contributed by atoms with Gasteiger partial charge in [-0.2, -0.15) is 0 Å². The van der Waals surface area contributed by atoms with E-state index in [4.69, 9.17) is 0 Å². The standard InChI is InChI=1S/C20H19F2N7O/c1-29(12-30)16-4-6-24-18(28-16)13-9-25-19(26-10-13)27-11-20(7-14(21)8-20)17-15(22)3-2-5-23-17/h2-6,9-10,12,14H,7-8,11H2,1H3,(H,25,26,27). The number of carbonyl (C=O) groups excluding carboxylic acids is 1. The van der Waals surface area contributed by atoms with Gasteiger partial charge in [0.05, 0.1) is 11.3 Å². The highest BCUT2D eigenvalue weighted by atomic mass is 19.1. The quantitative estimate of drug-likeness (QED) is 0.597. The maximum Gasteiger partial charge on any atom is 0.222 e. The molecule has 3 aromatic heterocycles. The Morgan fingerprint density at radius 2 is 1.97 bits per heavy atom. The summed E-state index contributed by atoms with van der Waals surface area (Å²) < 4.78 is 27.9. The van der Waals surface area contributed by atoms with Gasteiger partial charge in [0.1, 0.15) is 17.8 Å². The van der Waals surface area contributed by atoms with Crippen LogP contribution in [-0.4, -0.2) is 51.1 Å². The van der Waals surface area contributed by atoms with Crippen molar-refractivity contribution in [2.75, 3.05) is 23.8 Å². The molecule has 8 nitrogen and oxygen atoms in total. The van der Waals surface area contributed by atoms with Gasteiger partial charge in [0, 0.05) is 43.8 Å². The number of amides is 1. The predicted octanol–water partition coefficient (Wildman–Crippen LogP) is 2.54. The van der Waals surface area contributed by atoms with E-state index in [0.717, 1.165) is 0 Å². The summed E-state index contributed by atoms with van der Waals surface area (Å²) in [5.41, 5.74) is 0.0936. The van der Waals surface area contributed by atoms with Crippen LogP contribution in [0.1, 0.15) is 18.5 Å². The van der Waals surface area contributed by atoms with Gasteiger partial charge in [0.15, 0.2) is 5.82 Å². The first-order valence-electron chi connectivity index (χ1n) is 9.33. The summed E-state index contributed by atoms with van der Waals surface area (Å²) in [6.45, 7) is 0.261. The van der Waals surface area contributed by atoms with Gasteiger partial charge in [0.2, 0.25) is 12.4 Å². The number of pyridine rings is 1. The van der Waals surface area contributed by atoms with E-state index in [-0.39, 0.29) is 25.1 Å². The lowest BCUT2D eigenvalue weighted by Gasteiger charge is -2.43. The molecule has 0 bridgehead atoms. The third kappa shape index (κ3) is 3.80. The van der Waals surface area contributed by atoms with Crippen LogP contribution in [0.5, 0.6) is 0 Å². The largest absolute Gasteiger partial charge is 0.353 e. The summed E-state index contributed by atoms with van der Waals surface area (Å²) in [6.07, 6.45) is 6.19. The fourth-order valence-electron chi connectivity index (χ4n) is 3.51.